The van der Waals surface area contributed by atoms with Gasteiger partial charge in [-0.15, -0.1) is 0 Å². The molecule has 0 saturated carbocycles. The van der Waals surface area contributed by atoms with Crippen LogP contribution in [0.1, 0.15) is 16.1 Å². The highest BCUT2D eigenvalue weighted by Gasteiger charge is 2.29. The highest BCUT2D eigenvalue weighted by atomic mass is 19.4. The monoisotopic (exact) mass is 331 g/mol. The molecule has 3 rings (SSSR count). The molecule has 24 heavy (non-hydrogen) atoms. The normalized spacial score (nSPS) is 11.3. The van der Waals surface area contributed by atoms with Crippen LogP contribution in [0.3, 0.4) is 0 Å². The van der Waals surface area contributed by atoms with E-state index in [0.717, 1.165) is 22.9 Å². The Morgan fingerprint density at radius 2 is 1.62 bits per heavy atom. The van der Waals surface area contributed by atoms with E-state index in [1.807, 2.05) is 24.3 Å². The molecule has 0 aliphatic rings. The number of hydrogen-bond donors (Lipinski definition) is 2. The van der Waals surface area contributed by atoms with Gasteiger partial charge in [-0.25, -0.2) is 0 Å². The summed E-state index contributed by atoms with van der Waals surface area (Å²) in [6.45, 7) is 0. The number of hydrazine groups is 1. The van der Waals surface area contributed by atoms with Crippen molar-refractivity contribution in [3.05, 3.63) is 72.1 Å². The van der Waals surface area contributed by atoms with Crippen LogP contribution in [-0.2, 0) is 6.18 Å². The van der Waals surface area contributed by atoms with Crippen LogP contribution in [-0.4, -0.2) is 10.9 Å². The van der Waals surface area contributed by atoms with Crippen molar-refractivity contribution in [1.29, 1.82) is 0 Å². The molecule has 1 heterocycles. The number of carbonyl (C=O) groups is 1. The zero-order chi connectivity index (χ0) is 17.2. The van der Waals surface area contributed by atoms with Gasteiger partial charge < -0.3 is 0 Å². The van der Waals surface area contributed by atoms with Gasteiger partial charge in [-0.3, -0.25) is 20.6 Å². The molecule has 122 valence electrons. The highest BCUT2D eigenvalue weighted by Crippen LogP contribution is 2.29. The van der Waals surface area contributed by atoms with Gasteiger partial charge in [0.2, 0.25) is 0 Å². The van der Waals surface area contributed by atoms with Gasteiger partial charge in [0.15, 0.2) is 0 Å². The number of nitrogens with one attached hydrogen (secondary N) is 2. The van der Waals surface area contributed by atoms with Gasteiger partial charge in [0, 0.05) is 11.6 Å². The molecule has 1 amide bonds. The van der Waals surface area contributed by atoms with E-state index in [4.69, 9.17) is 0 Å². The van der Waals surface area contributed by atoms with Crippen LogP contribution in [0.15, 0.2) is 60.8 Å². The van der Waals surface area contributed by atoms with Gasteiger partial charge in [-0.2, -0.15) is 13.2 Å². The number of alkyl halides is 3. The maximum Gasteiger partial charge on any atom is 0.416 e. The van der Waals surface area contributed by atoms with Gasteiger partial charge in [-0.1, -0.05) is 24.3 Å². The molecule has 0 spiro atoms. The van der Waals surface area contributed by atoms with Crippen molar-refractivity contribution in [2.75, 3.05) is 5.43 Å². The van der Waals surface area contributed by atoms with E-state index in [1.165, 1.54) is 12.1 Å². The smallest absolute Gasteiger partial charge is 0.298 e. The fraction of sp³-hybridized carbons (Fsp3) is 0.0588. The largest absolute Gasteiger partial charge is 0.416 e. The third-order valence-corrected chi connectivity index (χ3v) is 3.40. The molecule has 0 saturated heterocycles. The zero-order valence-corrected chi connectivity index (χ0v) is 12.3. The number of benzene rings is 2. The third kappa shape index (κ3) is 3.45. The predicted octanol–water partition coefficient (Wildman–Crippen LogP) is 4.01. The number of anilines is 1. The number of nitrogens with zero attached hydrogens (tertiary/aromatic N) is 1. The third-order valence-electron chi connectivity index (χ3n) is 3.40. The summed E-state index contributed by atoms with van der Waals surface area (Å²) in [4.78, 5) is 16.1. The number of fused-ring (bicyclic) bond motifs is 1. The van der Waals surface area contributed by atoms with Crippen LogP contribution in [0, 0.1) is 0 Å². The first-order valence-electron chi connectivity index (χ1n) is 7.02. The van der Waals surface area contributed by atoms with Crippen molar-refractivity contribution in [1.82, 2.24) is 10.4 Å². The Morgan fingerprint density at radius 1 is 0.958 bits per heavy atom. The van der Waals surface area contributed by atoms with E-state index in [-0.39, 0.29) is 5.69 Å². The SMILES string of the molecule is O=C(NNc1ccc(C(F)(F)F)cc1)c1cc2ccccc2cn1. The standard InChI is InChI=1S/C17H12F3N3O/c18-17(19,20)13-5-7-14(8-6-13)22-23-16(24)15-9-11-3-1-2-4-12(11)10-21-15/h1-10,22H,(H,23,24). The Kier molecular flexibility index (Phi) is 4.07. The summed E-state index contributed by atoms with van der Waals surface area (Å²) < 4.78 is 37.5. The van der Waals surface area contributed by atoms with Gasteiger partial charge in [0.1, 0.15) is 5.69 Å². The summed E-state index contributed by atoms with van der Waals surface area (Å²) in [6, 6.07) is 13.4. The first-order valence-corrected chi connectivity index (χ1v) is 7.02. The molecule has 2 N–H and O–H groups in total. The molecule has 0 aliphatic carbocycles. The van der Waals surface area contributed by atoms with Crippen molar-refractivity contribution in [3.8, 4) is 0 Å². The Balaban J connectivity index is 1.68. The van der Waals surface area contributed by atoms with Crippen molar-refractivity contribution in [2.45, 2.75) is 6.18 Å². The molecule has 0 unspecified atom stereocenters. The summed E-state index contributed by atoms with van der Waals surface area (Å²) in [5, 5.41) is 1.77. The average Bonchev–Trinajstić information content (AvgIpc) is 2.59. The van der Waals surface area contributed by atoms with Crippen LogP contribution in [0.4, 0.5) is 18.9 Å². The molecule has 0 radical (unpaired) electrons. The van der Waals surface area contributed by atoms with E-state index in [0.29, 0.717) is 5.69 Å². The maximum absolute atomic E-state index is 12.5. The maximum atomic E-state index is 12.5. The lowest BCUT2D eigenvalue weighted by molar-refractivity contribution is -0.137. The van der Waals surface area contributed by atoms with Crippen LogP contribution in [0.5, 0.6) is 0 Å². The molecule has 7 heteroatoms. The zero-order valence-electron chi connectivity index (χ0n) is 12.3. The van der Waals surface area contributed by atoms with E-state index in [9.17, 15) is 18.0 Å². The van der Waals surface area contributed by atoms with Gasteiger partial charge in [-0.05, 0) is 35.7 Å². The summed E-state index contributed by atoms with van der Waals surface area (Å²) >= 11 is 0. The minimum Gasteiger partial charge on any atom is -0.298 e. The molecule has 0 aliphatic heterocycles. The van der Waals surface area contributed by atoms with E-state index in [2.05, 4.69) is 15.8 Å². The van der Waals surface area contributed by atoms with Crippen molar-refractivity contribution in [2.24, 2.45) is 0 Å². The predicted molar refractivity (Wildman–Crippen MR) is 84.3 cm³/mol. The van der Waals surface area contributed by atoms with E-state index < -0.39 is 17.6 Å². The molecular weight excluding hydrogens is 319 g/mol. The lowest BCUT2D eigenvalue weighted by atomic mass is 10.1. The second-order valence-electron chi connectivity index (χ2n) is 5.07. The van der Waals surface area contributed by atoms with Crippen molar-refractivity contribution in [3.63, 3.8) is 0 Å². The molecule has 0 bridgehead atoms. The van der Waals surface area contributed by atoms with E-state index >= 15 is 0 Å². The summed E-state index contributed by atoms with van der Waals surface area (Å²) in [7, 11) is 0. The highest BCUT2D eigenvalue weighted by molar-refractivity contribution is 5.96. The van der Waals surface area contributed by atoms with Crippen LogP contribution in [0.2, 0.25) is 0 Å². The minimum atomic E-state index is -4.39. The number of pyridine rings is 1. The lowest BCUT2D eigenvalue weighted by Gasteiger charge is -2.10. The summed E-state index contributed by atoms with van der Waals surface area (Å²) in [6.07, 6.45) is -2.81. The van der Waals surface area contributed by atoms with Crippen LogP contribution >= 0.6 is 0 Å². The van der Waals surface area contributed by atoms with Crippen LogP contribution < -0.4 is 10.9 Å². The summed E-state index contributed by atoms with van der Waals surface area (Å²) in [5.41, 5.74) is 4.75. The number of amides is 1. The molecule has 2 aromatic carbocycles. The Bertz CT molecular complexity index is 876. The fourth-order valence-electron chi connectivity index (χ4n) is 2.14. The number of rotatable bonds is 3. The molecule has 3 aromatic rings. The second kappa shape index (κ2) is 6.19. The van der Waals surface area contributed by atoms with Gasteiger partial charge >= 0.3 is 6.18 Å². The first kappa shape index (κ1) is 15.8. The lowest BCUT2D eigenvalue weighted by Crippen LogP contribution is -2.30. The summed E-state index contributed by atoms with van der Waals surface area (Å²) in [5.74, 6) is -0.486. The number of carbonyl (C=O) groups excluding carboxylic acids is 1. The molecule has 1 aromatic heterocycles. The topological polar surface area (TPSA) is 54.0 Å². The van der Waals surface area contributed by atoms with Gasteiger partial charge in [0.05, 0.1) is 11.3 Å². The average molecular weight is 331 g/mol. The Hall–Kier alpha value is -3.09. The van der Waals surface area contributed by atoms with Gasteiger partial charge in [0.25, 0.3) is 5.91 Å². The number of hydrogen-bond acceptors (Lipinski definition) is 3. The Labute approximate surface area is 135 Å². The van der Waals surface area contributed by atoms with E-state index in [1.54, 1.807) is 12.3 Å². The first-order chi connectivity index (χ1) is 11.4. The number of aromatic nitrogens is 1. The molecule has 0 fully saturated rings. The van der Waals surface area contributed by atoms with Crippen LogP contribution in [0.25, 0.3) is 10.8 Å². The van der Waals surface area contributed by atoms with Crippen molar-refractivity contribution >= 4 is 22.4 Å². The molecular formula is C17H12F3N3O. The fourth-order valence-corrected chi connectivity index (χ4v) is 2.14. The minimum absolute atomic E-state index is 0.202. The molecule has 0 atom stereocenters. The number of halogens is 3. The van der Waals surface area contributed by atoms with Crippen molar-refractivity contribution < 1.29 is 18.0 Å². The quantitative estimate of drug-likeness (QED) is 0.713. The second-order valence-corrected chi connectivity index (χ2v) is 5.07. The Morgan fingerprint density at radius 3 is 2.29 bits per heavy atom. The molecule has 4 nitrogen and oxygen atoms in total.